The number of esters is 4. The topological polar surface area (TPSA) is 193 Å². The summed E-state index contributed by atoms with van der Waals surface area (Å²) < 4.78 is 24.1. The molecule has 0 radical (unpaired) electrons. The van der Waals surface area contributed by atoms with Crippen LogP contribution in [0.4, 0.5) is 16.2 Å². The van der Waals surface area contributed by atoms with Gasteiger partial charge in [0.15, 0.2) is 13.2 Å². The summed E-state index contributed by atoms with van der Waals surface area (Å²) >= 11 is 0. The van der Waals surface area contributed by atoms with Gasteiger partial charge in [0.1, 0.15) is 6.61 Å². The van der Waals surface area contributed by atoms with E-state index in [1.54, 1.807) is 0 Å². The number of amides is 2. The molecule has 0 aromatic heterocycles. The molecule has 214 valence electrons. The Labute approximate surface area is 228 Å². The SMILES string of the molecule is COC(=O)Nc1ccc(C(=O)OCC(=O)OCCCCOC(=O)COC(=O)c2ccc(NC(=O)CO)cc2)cc1. The van der Waals surface area contributed by atoms with Crippen molar-refractivity contribution >= 4 is 47.3 Å². The van der Waals surface area contributed by atoms with Gasteiger partial charge in [0.2, 0.25) is 5.91 Å². The van der Waals surface area contributed by atoms with Crippen LogP contribution in [0.5, 0.6) is 0 Å². The second-order valence-corrected chi connectivity index (χ2v) is 7.78. The van der Waals surface area contributed by atoms with Gasteiger partial charge in [-0.05, 0) is 61.4 Å². The quantitative estimate of drug-likeness (QED) is 0.172. The molecule has 0 unspecified atom stereocenters. The molecule has 3 N–H and O–H groups in total. The summed E-state index contributed by atoms with van der Waals surface area (Å²) in [5.74, 6) is -3.65. The number of aliphatic hydroxyl groups excluding tert-OH is 1. The number of carbonyl (C=O) groups is 6. The predicted octanol–water partition coefficient (Wildman–Crippen LogP) is 1.68. The van der Waals surface area contributed by atoms with Crippen LogP contribution in [0.25, 0.3) is 0 Å². The van der Waals surface area contributed by atoms with Crippen LogP contribution in [0.2, 0.25) is 0 Å². The maximum Gasteiger partial charge on any atom is 0.411 e. The van der Waals surface area contributed by atoms with Gasteiger partial charge in [-0.1, -0.05) is 0 Å². The van der Waals surface area contributed by atoms with Crippen LogP contribution in [-0.4, -0.2) is 81.1 Å². The number of hydrogen-bond acceptors (Lipinski definition) is 12. The molecule has 0 heterocycles. The highest BCUT2D eigenvalue weighted by atomic mass is 16.6. The number of benzene rings is 2. The Morgan fingerprint density at radius 2 is 1.07 bits per heavy atom. The largest absolute Gasteiger partial charge is 0.463 e. The Morgan fingerprint density at radius 3 is 1.48 bits per heavy atom. The van der Waals surface area contributed by atoms with Crippen LogP contribution in [-0.2, 0) is 38.1 Å². The summed E-state index contributed by atoms with van der Waals surface area (Å²) in [6.07, 6.45) is 0.0615. The van der Waals surface area contributed by atoms with Crippen molar-refractivity contribution in [2.75, 3.05) is 50.8 Å². The Hall–Kier alpha value is -4.98. The van der Waals surface area contributed by atoms with Gasteiger partial charge in [0.05, 0.1) is 31.5 Å². The minimum absolute atomic E-state index is 0.00298. The molecule has 0 saturated carbocycles. The van der Waals surface area contributed by atoms with Crippen molar-refractivity contribution in [2.45, 2.75) is 12.8 Å². The molecule has 0 aliphatic carbocycles. The maximum atomic E-state index is 12.0. The van der Waals surface area contributed by atoms with Gasteiger partial charge in [-0.25, -0.2) is 24.0 Å². The van der Waals surface area contributed by atoms with Gasteiger partial charge in [-0.3, -0.25) is 10.1 Å². The van der Waals surface area contributed by atoms with Gasteiger partial charge in [0.25, 0.3) is 0 Å². The van der Waals surface area contributed by atoms with Gasteiger partial charge >= 0.3 is 30.0 Å². The lowest BCUT2D eigenvalue weighted by Gasteiger charge is -2.08. The maximum absolute atomic E-state index is 12.0. The van der Waals surface area contributed by atoms with E-state index in [0.29, 0.717) is 24.2 Å². The van der Waals surface area contributed by atoms with E-state index in [4.69, 9.17) is 24.1 Å². The standard InChI is InChI=1S/C26H28N2O12/c1-36-26(35)28-20-10-6-18(7-11-20)25(34)40-16-23(32)38-13-3-2-12-37-22(31)15-39-24(33)17-4-8-19(9-5-17)27-21(30)14-29/h4-11,29H,2-3,12-16H2,1H3,(H,27,30)(H,28,35). The normalized spacial score (nSPS) is 10.1. The third-order valence-electron chi connectivity index (χ3n) is 4.81. The zero-order valence-electron chi connectivity index (χ0n) is 21.5. The first-order valence-electron chi connectivity index (χ1n) is 11.8. The van der Waals surface area contributed by atoms with Gasteiger partial charge in [-0.2, -0.15) is 0 Å². The van der Waals surface area contributed by atoms with Crippen molar-refractivity contribution in [3.63, 3.8) is 0 Å². The summed E-state index contributed by atoms with van der Waals surface area (Å²) in [6, 6.07) is 11.4. The molecule has 0 atom stereocenters. The second kappa shape index (κ2) is 16.8. The Balaban J connectivity index is 1.54. The fraction of sp³-hybridized carbons (Fsp3) is 0.308. The third-order valence-corrected chi connectivity index (χ3v) is 4.81. The van der Waals surface area contributed by atoms with Crippen molar-refractivity contribution < 1.29 is 57.6 Å². The molecular weight excluding hydrogens is 532 g/mol. The van der Waals surface area contributed by atoms with Crippen LogP contribution in [0.3, 0.4) is 0 Å². The smallest absolute Gasteiger partial charge is 0.411 e. The molecule has 40 heavy (non-hydrogen) atoms. The van der Waals surface area contributed by atoms with Gasteiger partial charge in [-0.15, -0.1) is 0 Å². The number of aliphatic hydroxyl groups is 1. The highest BCUT2D eigenvalue weighted by Crippen LogP contribution is 2.12. The van der Waals surface area contributed by atoms with Crippen LogP contribution in [0.15, 0.2) is 48.5 Å². The van der Waals surface area contributed by atoms with E-state index in [0.717, 1.165) is 0 Å². The van der Waals surface area contributed by atoms with E-state index in [9.17, 15) is 28.8 Å². The number of rotatable bonds is 14. The molecule has 0 aliphatic rings. The van der Waals surface area contributed by atoms with Crippen LogP contribution in [0.1, 0.15) is 33.6 Å². The van der Waals surface area contributed by atoms with E-state index in [1.165, 1.54) is 55.6 Å². The summed E-state index contributed by atoms with van der Waals surface area (Å²) in [5.41, 5.74) is 1.09. The molecular formula is C26H28N2O12. The van der Waals surface area contributed by atoms with E-state index < -0.39 is 55.7 Å². The molecule has 2 aromatic carbocycles. The predicted molar refractivity (Wildman–Crippen MR) is 136 cm³/mol. The molecule has 0 fully saturated rings. The van der Waals surface area contributed by atoms with Crippen molar-refractivity contribution in [3.8, 4) is 0 Å². The average molecular weight is 561 g/mol. The molecule has 2 amide bonds. The number of methoxy groups -OCH3 is 1. The Bertz CT molecular complexity index is 1090. The van der Waals surface area contributed by atoms with Crippen LogP contribution >= 0.6 is 0 Å². The summed E-state index contributed by atoms with van der Waals surface area (Å²) in [6.45, 7) is -1.87. The van der Waals surface area contributed by atoms with Crippen molar-refractivity contribution in [1.29, 1.82) is 0 Å². The lowest BCUT2D eigenvalue weighted by molar-refractivity contribution is -0.149. The second-order valence-electron chi connectivity index (χ2n) is 7.78. The van der Waals surface area contributed by atoms with E-state index >= 15 is 0 Å². The fourth-order valence-corrected chi connectivity index (χ4v) is 2.82. The molecule has 0 aliphatic heterocycles. The van der Waals surface area contributed by atoms with Gasteiger partial charge in [0, 0.05) is 11.4 Å². The summed E-state index contributed by atoms with van der Waals surface area (Å²) in [4.78, 5) is 69.8. The number of nitrogens with one attached hydrogen (secondary N) is 2. The minimum Gasteiger partial charge on any atom is -0.463 e. The van der Waals surface area contributed by atoms with Crippen LogP contribution in [0, 0.1) is 0 Å². The zero-order valence-corrected chi connectivity index (χ0v) is 21.5. The number of carbonyl (C=O) groups excluding carboxylic acids is 6. The highest BCUT2D eigenvalue weighted by molar-refractivity contribution is 5.94. The molecule has 0 spiro atoms. The first-order chi connectivity index (χ1) is 19.2. The molecule has 0 bridgehead atoms. The van der Waals surface area contributed by atoms with E-state index in [1.807, 2.05) is 0 Å². The van der Waals surface area contributed by atoms with E-state index in [2.05, 4.69) is 15.4 Å². The van der Waals surface area contributed by atoms with Crippen molar-refractivity contribution in [2.24, 2.45) is 0 Å². The Kier molecular flexibility index (Phi) is 13.1. The molecule has 14 heteroatoms. The average Bonchev–Trinajstić information content (AvgIpc) is 2.96. The molecule has 2 aromatic rings. The number of unbranched alkanes of at least 4 members (excludes halogenated alkanes) is 1. The minimum atomic E-state index is -0.766. The fourth-order valence-electron chi connectivity index (χ4n) is 2.82. The van der Waals surface area contributed by atoms with Crippen LogP contribution < -0.4 is 10.6 Å². The number of anilines is 2. The molecule has 2 rings (SSSR count). The molecule has 14 nitrogen and oxygen atoms in total. The number of hydrogen-bond donors (Lipinski definition) is 3. The van der Waals surface area contributed by atoms with Crippen molar-refractivity contribution in [3.05, 3.63) is 59.7 Å². The zero-order chi connectivity index (χ0) is 29.3. The lowest BCUT2D eigenvalue weighted by Crippen LogP contribution is -2.18. The summed E-state index contributed by atoms with van der Waals surface area (Å²) in [5, 5.41) is 13.5. The Morgan fingerprint density at radius 1 is 0.650 bits per heavy atom. The monoisotopic (exact) mass is 560 g/mol. The number of ether oxygens (including phenoxy) is 5. The van der Waals surface area contributed by atoms with E-state index in [-0.39, 0.29) is 24.3 Å². The molecule has 0 saturated heterocycles. The van der Waals surface area contributed by atoms with Gasteiger partial charge < -0.3 is 34.1 Å². The first-order valence-corrected chi connectivity index (χ1v) is 11.8. The highest BCUT2D eigenvalue weighted by Gasteiger charge is 2.13. The first kappa shape index (κ1) is 31.2. The lowest BCUT2D eigenvalue weighted by atomic mass is 10.2. The third kappa shape index (κ3) is 11.6. The van der Waals surface area contributed by atoms with Crippen molar-refractivity contribution in [1.82, 2.24) is 0 Å². The summed E-state index contributed by atoms with van der Waals surface area (Å²) in [7, 11) is 1.22.